The molecule has 0 radical (unpaired) electrons. The van der Waals surface area contributed by atoms with Gasteiger partial charge in [-0.2, -0.15) is 0 Å². The van der Waals surface area contributed by atoms with Crippen molar-refractivity contribution in [3.8, 4) is 0 Å². The molecular formula is C15H16N2OS2. The van der Waals surface area contributed by atoms with E-state index in [0.29, 0.717) is 0 Å². The highest BCUT2D eigenvalue weighted by Gasteiger charge is 2.23. The number of aromatic nitrogens is 1. The largest absolute Gasteiger partial charge is 0.344 e. The highest BCUT2D eigenvalue weighted by atomic mass is 32.2. The smallest absolute Gasteiger partial charge is 0.263 e. The van der Waals surface area contributed by atoms with Crippen LogP contribution in [0.4, 0.5) is 0 Å². The number of benzene rings is 1. The van der Waals surface area contributed by atoms with Crippen LogP contribution in [0.25, 0.3) is 0 Å². The Hall–Kier alpha value is -1.33. The van der Waals surface area contributed by atoms with Gasteiger partial charge >= 0.3 is 0 Å². The van der Waals surface area contributed by atoms with Crippen LogP contribution in [0.3, 0.4) is 0 Å². The molecule has 0 unspecified atom stereocenters. The summed E-state index contributed by atoms with van der Waals surface area (Å²) in [6, 6.07) is 8.43. The van der Waals surface area contributed by atoms with E-state index in [1.54, 1.807) is 0 Å². The molecule has 2 heterocycles. The lowest BCUT2D eigenvalue weighted by Crippen LogP contribution is -2.30. The van der Waals surface area contributed by atoms with Crippen molar-refractivity contribution in [2.24, 2.45) is 0 Å². The maximum atomic E-state index is 12.4. The van der Waals surface area contributed by atoms with Crippen LogP contribution in [0.5, 0.6) is 0 Å². The van der Waals surface area contributed by atoms with Crippen LogP contribution in [-0.4, -0.2) is 16.6 Å². The minimum atomic E-state index is -0.000182. The van der Waals surface area contributed by atoms with Gasteiger partial charge in [0.05, 0.1) is 16.7 Å². The van der Waals surface area contributed by atoms with Gasteiger partial charge in [-0.3, -0.25) is 4.79 Å². The molecule has 1 aliphatic heterocycles. The minimum absolute atomic E-state index is 0.000182. The van der Waals surface area contributed by atoms with Crippen molar-refractivity contribution >= 4 is 29.0 Å². The first kappa shape index (κ1) is 13.6. The molecule has 0 aliphatic carbocycles. The molecule has 1 amide bonds. The Labute approximate surface area is 126 Å². The van der Waals surface area contributed by atoms with E-state index >= 15 is 0 Å². The van der Waals surface area contributed by atoms with Gasteiger partial charge in [-0.15, -0.1) is 23.1 Å². The number of fused-ring (bicyclic) bond motifs is 1. The van der Waals surface area contributed by atoms with Gasteiger partial charge < -0.3 is 5.32 Å². The second-order valence-corrected chi connectivity index (χ2v) is 7.19. The molecule has 3 nitrogen and oxygen atoms in total. The number of thiazole rings is 1. The summed E-state index contributed by atoms with van der Waals surface area (Å²) >= 11 is 3.33. The maximum Gasteiger partial charge on any atom is 0.263 e. The fraction of sp³-hybridized carbons (Fsp3) is 0.333. The number of nitrogens with one attached hydrogen (secondary N) is 1. The lowest BCUT2D eigenvalue weighted by atomic mass is 10.0. The zero-order chi connectivity index (χ0) is 14.1. The topological polar surface area (TPSA) is 42.0 Å². The van der Waals surface area contributed by atoms with Crippen LogP contribution < -0.4 is 5.32 Å². The predicted octanol–water partition coefficient (Wildman–Crippen LogP) is 3.73. The summed E-state index contributed by atoms with van der Waals surface area (Å²) in [6.07, 6.45) is 0.976. The number of carbonyl (C=O) groups excluding carboxylic acids is 1. The molecule has 104 valence electrons. The van der Waals surface area contributed by atoms with Crippen molar-refractivity contribution in [2.45, 2.75) is 31.2 Å². The van der Waals surface area contributed by atoms with Crippen LogP contribution in [0.1, 0.15) is 38.4 Å². The summed E-state index contributed by atoms with van der Waals surface area (Å²) in [5.41, 5.74) is 2.06. The standard InChI is InChI=1S/C15H16N2OS2/c1-9-14(20-10(2)16-9)15(18)17-12-7-8-19-13-6-4-3-5-11(12)13/h3-6,12H,7-8H2,1-2H3,(H,17,18)/t12-/m0/s1. The quantitative estimate of drug-likeness (QED) is 0.919. The van der Waals surface area contributed by atoms with E-state index in [1.807, 2.05) is 37.7 Å². The van der Waals surface area contributed by atoms with Gasteiger partial charge in [0, 0.05) is 10.6 Å². The fourth-order valence-corrected chi connectivity index (χ4v) is 4.41. The molecule has 0 saturated heterocycles. The van der Waals surface area contributed by atoms with E-state index in [-0.39, 0.29) is 11.9 Å². The number of hydrogen-bond acceptors (Lipinski definition) is 4. The van der Waals surface area contributed by atoms with Gasteiger partial charge in [-0.25, -0.2) is 4.98 Å². The third kappa shape index (κ3) is 2.60. The van der Waals surface area contributed by atoms with Crippen molar-refractivity contribution in [3.63, 3.8) is 0 Å². The summed E-state index contributed by atoms with van der Waals surface area (Å²) in [7, 11) is 0. The number of rotatable bonds is 2. The average molecular weight is 304 g/mol. The summed E-state index contributed by atoms with van der Waals surface area (Å²) < 4.78 is 0. The van der Waals surface area contributed by atoms with Gasteiger partial charge in [0.2, 0.25) is 0 Å². The van der Waals surface area contributed by atoms with Gasteiger partial charge in [0.1, 0.15) is 4.88 Å². The first-order valence-electron chi connectivity index (χ1n) is 6.62. The Morgan fingerprint density at radius 1 is 1.35 bits per heavy atom. The first-order chi connectivity index (χ1) is 9.65. The van der Waals surface area contributed by atoms with E-state index in [2.05, 4.69) is 22.4 Å². The molecular weight excluding hydrogens is 288 g/mol. The second kappa shape index (κ2) is 5.58. The molecule has 1 aromatic carbocycles. The van der Waals surface area contributed by atoms with E-state index in [9.17, 15) is 4.79 Å². The zero-order valence-electron chi connectivity index (χ0n) is 11.5. The van der Waals surface area contributed by atoms with E-state index in [1.165, 1.54) is 21.8 Å². The van der Waals surface area contributed by atoms with Gasteiger partial charge in [0.25, 0.3) is 5.91 Å². The molecule has 1 aromatic heterocycles. The lowest BCUT2D eigenvalue weighted by Gasteiger charge is -2.25. The van der Waals surface area contributed by atoms with Crippen LogP contribution in [-0.2, 0) is 0 Å². The molecule has 0 saturated carbocycles. The number of hydrogen-bond donors (Lipinski definition) is 1. The number of amides is 1. The highest BCUT2D eigenvalue weighted by molar-refractivity contribution is 7.99. The summed E-state index contributed by atoms with van der Waals surface area (Å²) in [4.78, 5) is 18.7. The third-order valence-corrected chi connectivity index (χ3v) is 5.57. The van der Waals surface area contributed by atoms with Crippen LogP contribution in [0.15, 0.2) is 29.2 Å². The van der Waals surface area contributed by atoms with Crippen LogP contribution in [0.2, 0.25) is 0 Å². The Balaban J connectivity index is 1.82. The zero-order valence-corrected chi connectivity index (χ0v) is 13.1. The van der Waals surface area contributed by atoms with Crippen LogP contribution in [0, 0.1) is 13.8 Å². The summed E-state index contributed by atoms with van der Waals surface area (Å²) in [6.45, 7) is 3.82. The van der Waals surface area contributed by atoms with E-state index in [0.717, 1.165) is 27.8 Å². The van der Waals surface area contributed by atoms with Crippen molar-refractivity contribution < 1.29 is 4.79 Å². The normalized spacial score (nSPS) is 17.6. The van der Waals surface area contributed by atoms with Gasteiger partial charge in [0.15, 0.2) is 0 Å². The predicted molar refractivity (Wildman–Crippen MR) is 83.6 cm³/mol. The van der Waals surface area contributed by atoms with Crippen molar-refractivity contribution in [2.75, 3.05) is 5.75 Å². The molecule has 3 rings (SSSR count). The Bertz CT molecular complexity index is 651. The number of carbonyl (C=O) groups is 1. The summed E-state index contributed by atoms with van der Waals surface area (Å²) in [5, 5.41) is 4.10. The Morgan fingerprint density at radius 3 is 2.90 bits per heavy atom. The summed E-state index contributed by atoms with van der Waals surface area (Å²) in [5.74, 6) is 1.04. The molecule has 1 atom stereocenters. The molecule has 2 aromatic rings. The Kier molecular flexibility index (Phi) is 3.81. The van der Waals surface area contributed by atoms with Crippen LogP contribution >= 0.6 is 23.1 Å². The fourth-order valence-electron chi connectivity index (χ4n) is 2.46. The lowest BCUT2D eigenvalue weighted by molar-refractivity contribution is 0.0938. The number of nitrogens with zero attached hydrogens (tertiary/aromatic N) is 1. The monoisotopic (exact) mass is 304 g/mol. The first-order valence-corrected chi connectivity index (χ1v) is 8.42. The second-order valence-electron chi connectivity index (χ2n) is 4.85. The Morgan fingerprint density at radius 2 is 2.15 bits per heavy atom. The van der Waals surface area contributed by atoms with Crippen molar-refractivity contribution in [1.82, 2.24) is 10.3 Å². The number of aryl methyl sites for hydroxylation is 2. The van der Waals surface area contributed by atoms with Crippen molar-refractivity contribution in [1.29, 1.82) is 0 Å². The molecule has 1 N–H and O–H groups in total. The number of thioether (sulfide) groups is 1. The van der Waals surface area contributed by atoms with Gasteiger partial charge in [-0.05, 0) is 31.9 Å². The highest BCUT2D eigenvalue weighted by Crippen LogP contribution is 2.36. The molecule has 0 bridgehead atoms. The maximum absolute atomic E-state index is 12.4. The molecule has 5 heteroatoms. The molecule has 20 heavy (non-hydrogen) atoms. The SMILES string of the molecule is Cc1nc(C)c(C(=O)N[C@H]2CCSc3ccccc32)s1. The van der Waals surface area contributed by atoms with Crippen molar-refractivity contribution in [3.05, 3.63) is 45.4 Å². The molecule has 1 aliphatic rings. The molecule has 0 fully saturated rings. The molecule has 0 spiro atoms. The van der Waals surface area contributed by atoms with E-state index < -0.39 is 0 Å². The minimum Gasteiger partial charge on any atom is -0.344 e. The van der Waals surface area contributed by atoms with Gasteiger partial charge in [-0.1, -0.05) is 18.2 Å². The van der Waals surface area contributed by atoms with E-state index in [4.69, 9.17) is 0 Å². The third-order valence-electron chi connectivity index (χ3n) is 3.37. The average Bonchev–Trinajstić information content (AvgIpc) is 2.78.